The number of para-hydroxylation sites is 1. The van der Waals surface area contributed by atoms with Gasteiger partial charge in [0, 0.05) is 11.5 Å². The van der Waals surface area contributed by atoms with E-state index in [1.54, 1.807) is 25.1 Å². The number of hydrogen-bond donors (Lipinski definition) is 0. The fraction of sp³-hybridized carbons (Fsp3) is 0.143. The number of benzene rings is 2. The number of rotatable bonds is 3. The summed E-state index contributed by atoms with van der Waals surface area (Å²) < 4.78 is 40.6. The SMILES string of the molecule is Cc1ccc(Br)cc1S(=O)(=O)N(C)c1ccccc1F. The Bertz CT molecular complexity index is 747. The normalized spacial score (nSPS) is 11.4. The van der Waals surface area contributed by atoms with E-state index >= 15 is 0 Å². The molecule has 2 aromatic rings. The zero-order chi connectivity index (χ0) is 14.9. The first-order valence-electron chi connectivity index (χ1n) is 5.83. The Hall–Kier alpha value is -1.40. The van der Waals surface area contributed by atoms with Gasteiger partial charge in [-0.15, -0.1) is 0 Å². The van der Waals surface area contributed by atoms with Crippen LogP contribution in [0.3, 0.4) is 0 Å². The van der Waals surface area contributed by atoms with E-state index in [4.69, 9.17) is 0 Å². The Balaban J connectivity index is 2.56. The first kappa shape index (κ1) is 15.0. The summed E-state index contributed by atoms with van der Waals surface area (Å²) in [6.07, 6.45) is 0. The molecule has 0 aromatic heterocycles. The van der Waals surface area contributed by atoms with Crippen LogP contribution < -0.4 is 4.31 Å². The molecule has 3 nitrogen and oxygen atoms in total. The maximum atomic E-state index is 13.8. The van der Waals surface area contributed by atoms with E-state index in [2.05, 4.69) is 15.9 Å². The van der Waals surface area contributed by atoms with Crippen molar-refractivity contribution in [3.63, 3.8) is 0 Å². The lowest BCUT2D eigenvalue weighted by Gasteiger charge is -2.21. The van der Waals surface area contributed by atoms with E-state index in [0.717, 1.165) is 4.31 Å². The summed E-state index contributed by atoms with van der Waals surface area (Å²) in [5.41, 5.74) is 0.628. The smallest absolute Gasteiger partial charge is 0.264 e. The summed E-state index contributed by atoms with van der Waals surface area (Å²) in [7, 11) is -2.46. The first-order chi connectivity index (χ1) is 9.34. The predicted molar refractivity (Wildman–Crippen MR) is 80.9 cm³/mol. The summed E-state index contributed by atoms with van der Waals surface area (Å²) in [4.78, 5) is 0.151. The molecule has 0 N–H and O–H groups in total. The largest absolute Gasteiger partial charge is 0.266 e. The standard InChI is InChI=1S/C14H13BrFNO2S/c1-10-7-8-11(15)9-14(10)20(18,19)17(2)13-6-4-3-5-12(13)16/h3-9H,1-2H3. The van der Waals surface area contributed by atoms with Crippen LogP contribution in [-0.2, 0) is 10.0 Å². The molecule has 0 spiro atoms. The van der Waals surface area contributed by atoms with Crippen LogP contribution >= 0.6 is 15.9 Å². The molecule has 0 amide bonds. The van der Waals surface area contributed by atoms with Gasteiger partial charge in [-0.25, -0.2) is 12.8 Å². The van der Waals surface area contributed by atoms with E-state index < -0.39 is 15.8 Å². The van der Waals surface area contributed by atoms with Gasteiger partial charge in [0.1, 0.15) is 5.82 Å². The second-order valence-electron chi connectivity index (χ2n) is 4.33. The molecule has 0 saturated heterocycles. The van der Waals surface area contributed by atoms with Gasteiger partial charge in [-0.05, 0) is 36.8 Å². The molecule has 6 heteroatoms. The Labute approximate surface area is 126 Å². The van der Waals surface area contributed by atoms with Crippen molar-refractivity contribution in [1.82, 2.24) is 0 Å². The maximum Gasteiger partial charge on any atom is 0.264 e. The minimum atomic E-state index is -3.80. The molecule has 0 heterocycles. The Morgan fingerprint density at radius 2 is 1.80 bits per heavy atom. The molecule has 0 aliphatic rings. The van der Waals surface area contributed by atoms with Gasteiger partial charge >= 0.3 is 0 Å². The first-order valence-corrected chi connectivity index (χ1v) is 8.07. The van der Waals surface area contributed by atoms with Gasteiger partial charge < -0.3 is 0 Å². The van der Waals surface area contributed by atoms with E-state index in [1.807, 2.05) is 0 Å². The lowest BCUT2D eigenvalue weighted by Crippen LogP contribution is -2.28. The molecular weight excluding hydrogens is 345 g/mol. The van der Waals surface area contributed by atoms with E-state index in [-0.39, 0.29) is 10.6 Å². The molecule has 2 aromatic carbocycles. The summed E-state index contributed by atoms with van der Waals surface area (Å²) in [6, 6.07) is 10.8. The topological polar surface area (TPSA) is 37.4 Å². The zero-order valence-corrected chi connectivity index (χ0v) is 13.4. The van der Waals surface area contributed by atoms with Crippen LogP contribution in [-0.4, -0.2) is 15.5 Å². The molecule has 0 fully saturated rings. The van der Waals surface area contributed by atoms with Crippen molar-refractivity contribution in [3.05, 3.63) is 58.3 Å². The molecule has 0 saturated carbocycles. The highest BCUT2D eigenvalue weighted by Gasteiger charge is 2.25. The highest BCUT2D eigenvalue weighted by Crippen LogP contribution is 2.28. The second-order valence-corrected chi connectivity index (χ2v) is 7.19. The summed E-state index contributed by atoms with van der Waals surface area (Å²) in [5.74, 6) is -0.578. The third-order valence-corrected chi connectivity index (χ3v) is 5.39. The van der Waals surface area contributed by atoms with E-state index in [9.17, 15) is 12.8 Å². The maximum absolute atomic E-state index is 13.8. The van der Waals surface area contributed by atoms with Crippen LogP contribution in [0.5, 0.6) is 0 Å². The molecular formula is C14H13BrFNO2S. The highest BCUT2D eigenvalue weighted by atomic mass is 79.9. The van der Waals surface area contributed by atoms with Gasteiger partial charge in [0.25, 0.3) is 10.0 Å². The zero-order valence-electron chi connectivity index (χ0n) is 11.0. The number of halogens is 2. The number of aryl methyl sites for hydroxylation is 1. The fourth-order valence-electron chi connectivity index (χ4n) is 1.84. The molecule has 0 unspecified atom stereocenters. The van der Waals surface area contributed by atoms with Crippen molar-refractivity contribution in [2.24, 2.45) is 0 Å². The molecule has 2 rings (SSSR count). The quantitative estimate of drug-likeness (QED) is 0.839. The number of anilines is 1. The fourth-order valence-corrected chi connectivity index (χ4v) is 3.80. The monoisotopic (exact) mass is 357 g/mol. The molecule has 20 heavy (non-hydrogen) atoms. The van der Waals surface area contributed by atoms with Gasteiger partial charge in [-0.3, -0.25) is 4.31 Å². The average Bonchev–Trinajstić information content (AvgIpc) is 2.41. The van der Waals surface area contributed by atoms with Crippen molar-refractivity contribution in [3.8, 4) is 0 Å². The predicted octanol–water partition coefficient (Wildman–Crippen LogP) is 3.72. The third-order valence-electron chi connectivity index (χ3n) is 2.98. The summed E-state index contributed by atoms with van der Waals surface area (Å²) in [6.45, 7) is 1.70. The average molecular weight is 358 g/mol. The van der Waals surface area contributed by atoms with Gasteiger partial charge in [0.2, 0.25) is 0 Å². The molecule has 0 radical (unpaired) electrons. The lowest BCUT2D eigenvalue weighted by atomic mass is 10.2. The van der Waals surface area contributed by atoms with Crippen LogP contribution in [0, 0.1) is 12.7 Å². The highest BCUT2D eigenvalue weighted by molar-refractivity contribution is 9.10. The van der Waals surface area contributed by atoms with Crippen molar-refractivity contribution < 1.29 is 12.8 Å². The third kappa shape index (κ3) is 2.71. The van der Waals surface area contributed by atoms with Gasteiger partial charge in [0.05, 0.1) is 10.6 Å². The van der Waals surface area contributed by atoms with Crippen molar-refractivity contribution in [2.45, 2.75) is 11.8 Å². The Morgan fingerprint density at radius 1 is 1.15 bits per heavy atom. The molecule has 0 bridgehead atoms. The van der Waals surface area contributed by atoms with Gasteiger partial charge in [0.15, 0.2) is 0 Å². The molecule has 0 aliphatic carbocycles. The number of sulfonamides is 1. The van der Waals surface area contributed by atoms with Crippen LogP contribution in [0.1, 0.15) is 5.56 Å². The van der Waals surface area contributed by atoms with Gasteiger partial charge in [-0.2, -0.15) is 0 Å². The van der Waals surface area contributed by atoms with Crippen molar-refractivity contribution in [2.75, 3.05) is 11.4 Å². The van der Waals surface area contributed by atoms with E-state index in [0.29, 0.717) is 10.0 Å². The van der Waals surface area contributed by atoms with Crippen molar-refractivity contribution in [1.29, 1.82) is 0 Å². The minimum absolute atomic E-state index is 0.0203. The van der Waals surface area contributed by atoms with Crippen LogP contribution in [0.25, 0.3) is 0 Å². The Kier molecular flexibility index (Phi) is 4.15. The van der Waals surface area contributed by atoms with Crippen LogP contribution in [0.4, 0.5) is 10.1 Å². The van der Waals surface area contributed by atoms with Crippen LogP contribution in [0.15, 0.2) is 51.8 Å². The number of hydrogen-bond acceptors (Lipinski definition) is 2. The lowest BCUT2D eigenvalue weighted by molar-refractivity contribution is 0.589. The van der Waals surface area contributed by atoms with E-state index in [1.165, 1.54) is 31.3 Å². The molecule has 0 aliphatic heterocycles. The van der Waals surface area contributed by atoms with Crippen molar-refractivity contribution >= 4 is 31.6 Å². The number of nitrogens with zero attached hydrogens (tertiary/aromatic N) is 1. The minimum Gasteiger partial charge on any atom is -0.266 e. The Morgan fingerprint density at radius 3 is 2.45 bits per heavy atom. The second kappa shape index (κ2) is 5.54. The molecule has 106 valence electrons. The summed E-state index contributed by atoms with van der Waals surface area (Å²) in [5, 5.41) is 0. The van der Waals surface area contributed by atoms with Gasteiger partial charge in [-0.1, -0.05) is 34.1 Å². The molecule has 0 atom stereocenters. The summed E-state index contributed by atoms with van der Waals surface area (Å²) >= 11 is 3.25. The van der Waals surface area contributed by atoms with Crippen LogP contribution in [0.2, 0.25) is 0 Å².